The van der Waals surface area contributed by atoms with Crippen molar-refractivity contribution in [1.82, 2.24) is 10.2 Å². The number of hydrogen-bond acceptors (Lipinski definition) is 6. The van der Waals surface area contributed by atoms with E-state index < -0.39 is 29.8 Å². The van der Waals surface area contributed by atoms with Gasteiger partial charge in [0.2, 0.25) is 5.91 Å². The van der Waals surface area contributed by atoms with Crippen LogP contribution < -0.4 is 19.7 Å². The Labute approximate surface area is 268 Å². The van der Waals surface area contributed by atoms with Crippen molar-refractivity contribution in [2.45, 2.75) is 45.9 Å². The van der Waals surface area contributed by atoms with Gasteiger partial charge in [-0.05, 0) is 35.7 Å². The zero-order valence-corrected chi connectivity index (χ0v) is 27.1. The number of carbonyl (C=O) groups is 3. The Morgan fingerprint density at radius 2 is 1.80 bits per heavy atom. The molecule has 3 aromatic carbocycles. The topological polar surface area (TPSA) is 97.4 Å². The summed E-state index contributed by atoms with van der Waals surface area (Å²) in [5.41, 5.74) is 1.69. The van der Waals surface area contributed by atoms with Gasteiger partial charge in [-0.15, -0.1) is 0 Å². The Hall–Kier alpha value is -4.15. The molecule has 1 aliphatic rings. The highest BCUT2D eigenvalue weighted by atomic mass is 35.5. The summed E-state index contributed by atoms with van der Waals surface area (Å²) in [6.45, 7) is 6.09. The summed E-state index contributed by atoms with van der Waals surface area (Å²) in [4.78, 5) is 42.7. The van der Waals surface area contributed by atoms with Gasteiger partial charge in [-0.3, -0.25) is 14.4 Å². The van der Waals surface area contributed by atoms with Crippen LogP contribution in [0.5, 0.6) is 11.5 Å². The van der Waals surface area contributed by atoms with Gasteiger partial charge in [-0.2, -0.15) is 0 Å². The van der Waals surface area contributed by atoms with Crippen molar-refractivity contribution in [2.75, 3.05) is 39.3 Å². The first-order valence-corrected chi connectivity index (χ1v) is 14.9. The van der Waals surface area contributed by atoms with Crippen LogP contribution in [0.4, 0.5) is 10.1 Å². The molecule has 1 aliphatic heterocycles. The molecule has 45 heavy (non-hydrogen) atoms. The molecule has 0 radical (unpaired) electrons. The fourth-order valence-electron chi connectivity index (χ4n) is 5.00. The number of halogens is 2. The molecular weight excluding hydrogens is 601 g/mol. The number of methoxy groups -OCH3 is 1. The number of rotatable bonds is 10. The van der Waals surface area contributed by atoms with Gasteiger partial charge in [0.05, 0.1) is 13.5 Å². The van der Waals surface area contributed by atoms with E-state index in [2.05, 4.69) is 5.32 Å². The number of ether oxygens (including phenoxy) is 3. The average Bonchev–Trinajstić information content (AvgIpc) is 3.08. The molecular formula is C34H39ClFN3O6. The molecule has 0 aromatic heterocycles. The van der Waals surface area contributed by atoms with Gasteiger partial charge >= 0.3 is 0 Å². The fraction of sp³-hybridized carbons (Fsp3) is 0.382. The Balaban J connectivity index is 1.76. The molecule has 240 valence electrons. The molecule has 0 aliphatic carbocycles. The summed E-state index contributed by atoms with van der Waals surface area (Å²) < 4.78 is 32.4. The number of amides is 3. The third-order valence-corrected chi connectivity index (χ3v) is 7.42. The maximum atomic E-state index is 14.2. The molecule has 1 N–H and O–H groups in total. The summed E-state index contributed by atoms with van der Waals surface area (Å²) >= 11 is 6.50. The number of para-hydroxylation sites is 1. The van der Waals surface area contributed by atoms with Crippen LogP contribution >= 0.6 is 11.6 Å². The van der Waals surface area contributed by atoms with E-state index in [1.807, 2.05) is 20.8 Å². The molecule has 0 saturated heterocycles. The predicted octanol–water partition coefficient (Wildman–Crippen LogP) is 5.53. The van der Waals surface area contributed by atoms with Gasteiger partial charge < -0.3 is 29.3 Å². The molecule has 4 rings (SSSR count). The average molecular weight is 640 g/mol. The highest BCUT2D eigenvalue weighted by Crippen LogP contribution is 2.45. The van der Waals surface area contributed by atoms with Crippen LogP contribution in [0.3, 0.4) is 0 Å². The molecule has 11 heteroatoms. The summed E-state index contributed by atoms with van der Waals surface area (Å²) in [5.74, 6) is -0.959. The molecule has 1 heterocycles. The second-order valence-corrected chi connectivity index (χ2v) is 12.7. The van der Waals surface area contributed by atoms with Gasteiger partial charge in [-0.1, -0.05) is 62.7 Å². The SMILES string of the molecule is COc1c(OCC(=O)N(C)C)cccc1C1OC(CC(=O)NCc2ccccc2F)C(=O)N(CC(C)(C)C)c2ccc(Cl)cc21. The smallest absolute Gasteiger partial charge is 0.259 e. The van der Waals surface area contributed by atoms with Crippen molar-refractivity contribution in [2.24, 2.45) is 5.41 Å². The monoisotopic (exact) mass is 639 g/mol. The molecule has 3 amide bonds. The van der Waals surface area contributed by atoms with E-state index in [4.69, 9.17) is 25.8 Å². The zero-order chi connectivity index (χ0) is 32.9. The Kier molecular flexibility index (Phi) is 10.7. The molecule has 2 unspecified atom stereocenters. The minimum absolute atomic E-state index is 0.0454. The summed E-state index contributed by atoms with van der Waals surface area (Å²) in [5, 5.41) is 3.14. The molecule has 0 bridgehead atoms. The number of likely N-dealkylation sites (N-methyl/N-ethyl adjacent to an activating group) is 1. The van der Waals surface area contributed by atoms with Crippen LogP contribution in [-0.4, -0.2) is 63.1 Å². The third kappa shape index (κ3) is 8.32. The van der Waals surface area contributed by atoms with E-state index >= 15 is 0 Å². The number of carbonyl (C=O) groups excluding carboxylic acids is 3. The molecule has 3 aromatic rings. The van der Waals surface area contributed by atoms with Crippen molar-refractivity contribution in [3.8, 4) is 11.5 Å². The lowest BCUT2D eigenvalue weighted by Gasteiger charge is -2.31. The first-order valence-electron chi connectivity index (χ1n) is 14.5. The van der Waals surface area contributed by atoms with Crippen molar-refractivity contribution >= 4 is 35.0 Å². The Morgan fingerprint density at radius 1 is 1.07 bits per heavy atom. The van der Waals surface area contributed by atoms with Gasteiger partial charge in [0, 0.05) is 54.6 Å². The van der Waals surface area contributed by atoms with Gasteiger partial charge in [0.1, 0.15) is 18.0 Å². The van der Waals surface area contributed by atoms with Crippen LogP contribution in [0.1, 0.15) is 50.0 Å². The predicted molar refractivity (Wildman–Crippen MR) is 170 cm³/mol. The number of fused-ring (bicyclic) bond motifs is 1. The second-order valence-electron chi connectivity index (χ2n) is 12.2. The minimum atomic E-state index is -1.21. The van der Waals surface area contributed by atoms with Crippen molar-refractivity contribution in [3.05, 3.63) is 88.2 Å². The second kappa shape index (κ2) is 14.3. The largest absolute Gasteiger partial charge is 0.492 e. The molecule has 2 atom stereocenters. The molecule has 0 saturated carbocycles. The van der Waals surface area contributed by atoms with E-state index in [-0.39, 0.29) is 30.9 Å². The number of nitrogens with one attached hydrogen (secondary N) is 1. The lowest BCUT2D eigenvalue weighted by molar-refractivity contribution is -0.138. The minimum Gasteiger partial charge on any atom is -0.492 e. The first-order chi connectivity index (χ1) is 21.3. The lowest BCUT2D eigenvalue weighted by atomic mass is 9.94. The van der Waals surface area contributed by atoms with E-state index in [0.717, 1.165) is 0 Å². The first kappa shape index (κ1) is 33.7. The summed E-state index contributed by atoms with van der Waals surface area (Å²) in [7, 11) is 4.73. The number of nitrogens with zero attached hydrogens (tertiary/aromatic N) is 2. The maximum absolute atomic E-state index is 14.2. The fourth-order valence-corrected chi connectivity index (χ4v) is 5.18. The highest BCUT2D eigenvalue weighted by molar-refractivity contribution is 6.30. The quantitative estimate of drug-likeness (QED) is 0.313. The van der Waals surface area contributed by atoms with Crippen molar-refractivity contribution in [3.63, 3.8) is 0 Å². The van der Waals surface area contributed by atoms with Gasteiger partial charge in [-0.25, -0.2) is 4.39 Å². The third-order valence-electron chi connectivity index (χ3n) is 7.19. The standard InChI is InChI=1S/C34H39ClFN3O6/c1-34(2,3)20-39-26-15-14-22(35)16-24(26)31(23-11-9-13-27(32(23)43-6)44-19-30(41)38(4)5)45-28(33(39)42)17-29(40)37-18-21-10-7-8-12-25(21)36/h7-16,28,31H,17-20H2,1-6H3,(H,37,40). The summed E-state index contributed by atoms with van der Waals surface area (Å²) in [6, 6.07) is 16.5. The highest BCUT2D eigenvalue weighted by Gasteiger charge is 2.40. The van der Waals surface area contributed by atoms with E-state index in [1.54, 1.807) is 73.6 Å². The number of benzene rings is 3. The van der Waals surface area contributed by atoms with E-state index in [9.17, 15) is 18.8 Å². The van der Waals surface area contributed by atoms with E-state index in [0.29, 0.717) is 45.4 Å². The van der Waals surface area contributed by atoms with Gasteiger partial charge in [0.15, 0.2) is 18.1 Å². The van der Waals surface area contributed by atoms with Crippen LogP contribution in [0.2, 0.25) is 5.02 Å². The molecule has 0 spiro atoms. The normalized spacial score (nSPS) is 16.4. The number of hydrogen-bond donors (Lipinski definition) is 1. The maximum Gasteiger partial charge on any atom is 0.259 e. The van der Waals surface area contributed by atoms with Crippen molar-refractivity contribution < 1.29 is 33.0 Å². The van der Waals surface area contributed by atoms with Crippen molar-refractivity contribution in [1.29, 1.82) is 0 Å². The van der Waals surface area contributed by atoms with Crippen LogP contribution in [0.15, 0.2) is 60.7 Å². The van der Waals surface area contributed by atoms with Crippen LogP contribution in [0.25, 0.3) is 0 Å². The Bertz CT molecular complexity index is 1560. The molecule has 9 nitrogen and oxygen atoms in total. The van der Waals surface area contributed by atoms with Crippen LogP contribution in [0, 0.1) is 11.2 Å². The Morgan fingerprint density at radius 3 is 2.47 bits per heavy atom. The molecule has 0 fully saturated rings. The summed E-state index contributed by atoms with van der Waals surface area (Å²) in [6.07, 6.45) is -2.45. The zero-order valence-electron chi connectivity index (χ0n) is 26.4. The van der Waals surface area contributed by atoms with E-state index in [1.165, 1.54) is 18.1 Å². The lowest BCUT2D eigenvalue weighted by Crippen LogP contribution is -2.45. The number of anilines is 1. The van der Waals surface area contributed by atoms with Gasteiger partial charge in [0.25, 0.3) is 11.8 Å². The van der Waals surface area contributed by atoms with Crippen LogP contribution in [-0.2, 0) is 25.7 Å².